The number of nitrogens with two attached hydrogens (primary N) is 1. The van der Waals surface area contributed by atoms with Gasteiger partial charge in [-0.15, -0.1) is 0 Å². The molecule has 1 aromatic heterocycles. The maximum Gasteiger partial charge on any atom is 0.227 e. The van der Waals surface area contributed by atoms with Gasteiger partial charge >= 0.3 is 0 Å². The SMILES string of the molecule is NCC1(C(=O)NCc2cccnc2)CCC1. The molecule has 2 rings (SSSR count). The van der Waals surface area contributed by atoms with E-state index < -0.39 is 0 Å². The third-order valence-corrected chi connectivity index (χ3v) is 3.36. The van der Waals surface area contributed by atoms with Crippen LogP contribution in [0.4, 0.5) is 0 Å². The fourth-order valence-electron chi connectivity index (χ4n) is 2.00. The molecule has 1 aliphatic rings. The van der Waals surface area contributed by atoms with Gasteiger partial charge in [0, 0.05) is 25.5 Å². The molecule has 1 aromatic rings. The highest BCUT2D eigenvalue weighted by Crippen LogP contribution is 2.39. The van der Waals surface area contributed by atoms with Gasteiger partial charge in [0.25, 0.3) is 0 Å². The van der Waals surface area contributed by atoms with Gasteiger partial charge in [-0.25, -0.2) is 0 Å². The molecule has 1 saturated carbocycles. The van der Waals surface area contributed by atoms with Crippen LogP contribution in [-0.4, -0.2) is 17.4 Å². The summed E-state index contributed by atoms with van der Waals surface area (Å²) in [7, 11) is 0. The van der Waals surface area contributed by atoms with Gasteiger partial charge in [0.1, 0.15) is 0 Å². The summed E-state index contributed by atoms with van der Waals surface area (Å²) in [6.45, 7) is 0.986. The van der Waals surface area contributed by atoms with Crippen LogP contribution in [0.2, 0.25) is 0 Å². The maximum atomic E-state index is 11.9. The van der Waals surface area contributed by atoms with E-state index in [4.69, 9.17) is 5.73 Å². The summed E-state index contributed by atoms with van der Waals surface area (Å²) in [5.41, 5.74) is 6.39. The van der Waals surface area contributed by atoms with Crippen molar-refractivity contribution < 1.29 is 4.79 Å². The number of amides is 1. The third kappa shape index (κ3) is 2.07. The monoisotopic (exact) mass is 219 g/mol. The van der Waals surface area contributed by atoms with E-state index in [2.05, 4.69) is 10.3 Å². The van der Waals surface area contributed by atoms with Crippen LogP contribution in [0, 0.1) is 5.41 Å². The minimum Gasteiger partial charge on any atom is -0.351 e. The van der Waals surface area contributed by atoms with Crippen LogP contribution >= 0.6 is 0 Å². The van der Waals surface area contributed by atoms with Gasteiger partial charge < -0.3 is 11.1 Å². The van der Waals surface area contributed by atoms with E-state index in [9.17, 15) is 4.79 Å². The van der Waals surface area contributed by atoms with Gasteiger partial charge in [0.05, 0.1) is 5.41 Å². The van der Waals surface area contributed by atoms with Crippen molar-refractivity contribution in [3.8, 4) is 0 Å². The number of nitrogens with one attached hydrogen (secondary N) is 1. The van der Waals surface area contributed by atoms with Crippen LogP contribution in [-0.2, 0) is 11.3 Å². The van der Waals surface area contributed by atoms with Crippen molar-refractivity contribution in [1.29, 1.82) is 0 Å². The molecule has 1 fully saturated rings. The van der Waals surface area contributed by atoms with Crippen molar-refractivity contribution in [3.63, 3.8) is 0 Å². The first-order valence-electron chi connectivity index (χ1n) is 5.64. The van der Waals surface area contributed by atoms with E-state index in [0.29, 0.717) is 13.1 Å². The van der Waals surface area contributed by atoms with Gasteiger partial charge in [-0.05, 0) is 24.5 Å². The number of carbonyl (C=O) groups excluding carboxylic acids is 1. The molecule has 0 bridgehead atoms. The van der Waals surface area contributed by atoms with Crippen LogP contribution in [0.5, 0.6) is 0 Å². The van der Waals surface area contributed by atoms with Gasteiger partial charge in [-0.1, -0.05) is 12.5 Å². The highest BCUT2D eigenvalue weighted by Gasteiger charge is 2.42. The molecule has 3 N–H and O–H groups in total. The maximum absolute atomic E-state index is 11.9. The molecule has 16 heavy (non-hydrogen) atoms. The van der Waals surface area contributed by atoms with Crippen molar-refractivity contribution >= 4 is 5.91 Å². The number of pyridine rings is 1. The van der Waals surface area contributed by atoms with E-state index in [1.54, 1.807) is 12.4 Å². The van der Waals surface area contributed by atoms with Crippen LogP contribution in [0.15, 0.2) is 24.5 Å². The lowest BCUT2D eigenvalue weighted by molar-refractivity contribution is -0.135. The second-order valence-electron chi connectivity index (χ2n) is 4.38. The van der Waals surface area contributed by atoms with E-state index in [1.807, 2.05) is 12.1 Å². The summed E-state index contributed by atoms with van der Waals surface area (Å²) in [4.78, 5) is 15.9. The summed E-state index contributed by atoms with van der Waals surface area (Å²) in [5.74, 6) is 0.0881. The molecular weight excluding hydrogens is 202 g/mol. The molecule has 86 valence electrons. The summed E-state index contributed by atoms with van der Waals surface area (Å²) >= 11 is 0. The Morgan fingerprint density at radius 1 is 1.56 bits per heavy atom. The largest absolute Gasteiger partial charge is 0.351 e. The Labute approximate surface area is 95.3 Å². The van der Waals surface area contributed by atoms with Crippen LogP contribution in [0.1, 0.15) is 24.8 Å². The molecule has 4 heteroatoms. The van der Waals surface area contributed by atoms with Crippen LogP contribution in [0.25, 0.3) is 0 Å². The van der Waals surface area contributed by atoms with Gasteiger partial charge in [-0.3, -0.25) is 9.78 Å². The number of carbonyl (C=O) groups is 1. The fourth-order valence-corrected chi connectivity index (χ4v) is 2.00. The predicted octanol–water partition coefficient (Wildman–Crippen LogP) is 0.827. The van der Waals surface area contributed by atoms with Gasteiger partial charge in [0.2, 0.25) is 5.91 Å². The molecule has 0 spiro atoms. The molecule has 1 aliphatic carbocycles. The lowest BCUT2D eigenvalue weighted by Gasteiger charge is -2.39. The van der Waals surface area contributed by atoms with Crippen LogP contribution in [0.3, 0.4) is 0 Å². The number of hydrogen-bond donors (Lipinski definition) is 2. The lowest BCUT2D eigenvalue weighted by Crippen LogP contribution is -2.50. The van der Waals surface area contributed by atoms with Gasteiger partial charge in [0.15, 0.2) is 0 Å². The van der Waals surface area contributed by atoms with Gasteiger partial charge in [-0.2, -0.15) is 0 Å². The smallest absolute Gasteiger partial charge is 0.227 e. The van der Waals surface area contributed by atoms with E-state index in [1.165, 1.54) is 0 Å². The topological polar surface area (TPSA) is 68.0 Å². The molecule has 0 atom stereocenters. The summed E-state index contributed by atoms with van der Waals surface area (Å²) < 4.78 is 0. The van der Waals surface area contributed by atoms with Crippen molar-refractivity contribution in [3.05, 3.63) is 30.1 Å². The predicted molar refractivity (Wildman–Crippen MR) is 61.4 cm³/mol. The summed E-state index contributed by atoms with van der Waals surface area (Å²) in [6, 6.07) is 3.81. The van der Waals surface area contributed by atoms with Crippen LogP contribution < -0.4 is 11.1 Å². The Balaban J connectivity index is 1.89. The normalized spacial score (nSPS) is 17.6. The molecule has 4 nitrogen and oxygen atoms in total. The molecule has 0 aromatic carbocycles. The second-order valence-corrected chi connectivity index (χ2v) is 4.38. The van der Waals surface area contributed by atoms with E-state index in [0.717, 1.165) is 24.8 Å². The standard InChI is InChI=1S/C12H17N3O/c13-9-12(4-2-5-12)11(16)15-8-10-3-1-6-14-7-10/h1,3,6-7H,2,4-5,8-9,13H2,(H,15,16). The first-order chi connectivity index (χ1) is 7.77. The number of rotatable bonds is 4. The zero-order valence-corrected chi connectivity index (χ0v) is 9.28. The fraction of sp³-hybridized carbons (Fsp3) is 0.500. The number of nitrogens with zero attached hydrogens (tertiary/aromatic N) is 1. The first kappa shape index (κ1) is 11.1. The molecule has 0 aliphatic heterocycles. The summed E-state index contributed by atoms with van der Waals surface area (Å²) in [5, 5.41) is 2.93. The van der Waals surface area contributed by atoms with Crippen molar-refractivity contribution in [1.82, 2.24) is 10.3 Å². The average Bonchev–Trinajstić information content (AvgIpc) is 2.27. The third-order valence-electron chi connectivity index (χ3n) is 3.36. The molecule has 0 saturated heterocycles. The molecule has 1 amide bonds. The Morgan fingerprint density at radius 3 is 2.88 bits per heavy atom. The Kier molecular flexibility index (Phi) is 3.19. The number of aromatic nitrogens is 1. The molecule has 0 unspecified atom stereocenters. The average molecular weight is 219 g/mol. The Bertz CT molecular complexity index is 354. The minimum atomic E-state index is -0.289. The highest BCUT2D eigenvalue weighted by molar-refractivity contribution is 5.83. The van der Waals surface area contributed by atoms with Crippen molar-refractivity contribution in [2.75, 3.05) is 6.54 Å². The second kappa shape index (κ2) is 4.61. The van der Waals surface area contributed by atoms with Crippen molar-refractivity contribution in [2.45, 2.75) is 25.8 Å². The summed E-state index contributed by atoms with van der Waals surface area (Å²) in [6.07, 6.45) is 6.43. The minimum absolute atomic E-state index is 0.0881. The molecular formula is C12H17N3O. The van der Waals surface area contributed by atoms with E-state index in [-0.39, 0.29) is 11.3 Å². The zero-order valence-electron chi connectivity index (χ0n) is 9.28. The highest BCUT2D eigenvalue weighted by atomic mass is 16.2. The molecule has 0 radical (unpaired) electrons. The first-order valence-corrected chi connectivity index (χ1v) is 5.64. The molecule has 1 heterocycles. The quantitative estimate of drug-likeness (QED) is 0.788. The van der Waals surface area contributed by atoms with Crippen molar-refractivity contribution in [2.24, 2.45) is 11.1 Å². The number of hydrogen-bond acceptors (Lipinski definition) is 3. The Hall–Kier alpha value is -1.42. The van der Waals surface area contributed by atoms with E-state index >= 15 is 0 Å². The zero-order chi connectivity index (χ0) is 11.4. The Morgan fingerprint density at radius 2 is 2.38 bits per heavy atom. The lowest BCUT2D eigenvalue weighted by atomic mass is 9.68.